The van der Waals surface area contributed by atoms with Crippen molar-refractivity contribution in [2.45, 2.75) is 32.8 Å². The van der Waals surface area contributed by atoms with Crippen LogP contribution >= 0.6 is 0 Å². The first-order chi connectivity index (χ1) is 7.02. The molecule has 88 valence electrons. The number of carbonyl (C=O) groups excluding carboxylic acids is 1. The van der Waals surface area contributed by atoms with E-state index >= 15 is 0 Å². The molecule has 0 aromatic rings. The van der Waals surface area contributed by atoms with Crippen LogP contribution in [0.4, 0.5) is 0 Å². The van der Waals surface area contributed by atoms with E-state index in [4.69, 9.17) is 0 Å². The van der Waals surface area contributed by atoms with E-state index in [2.05, 4.69) is 10.6 Å². The second-order valence-corrected chi connectivity index (χ2v) is 4.86. The summed E-state index contributed by atoms with van der Waals surface area (Å²) >= 11 is 0. The topological polar surface area (TPSA) is 61.4 Å². The van der Waals surface area contributed by atoms with Crippen molar-refractivity contribution in [1.29, 1.82) is 0 Å². The molecule has 1 saturated carbocycles. The molecule has 0 heterocycles. The van der Waals surface area contributed by atoms with E-state index in [-0.39, 0.29) is 23.3 Å². The van der Waals surface area contributed by atoms with Gasteiger partial charge in [-0.1, -0.05) is 13.8 Å². The lowest BCUT2D eigenvalue weighted by atomic mass is 9.90. The summed E-state index contributed by atoms with van der Waals surface area (Å²) in [5, 5.41) is 15.7. The molecular formula is C11H22N2O2. The van der Waals surface area contributed by atoms with Gasteiger partial charge in [0.25, 0.3) is 0 Å². The van der Waals surface area contributed by atoms with Crippen LogP contribution in [0.3, 0.4) is 0 Å². The summed E-state index contributed by atoms with van der Waals surface area (Å²) < 4.78 is 0. The standard InChI is InChI=1S/C11H22N2O2/c1-8(2)10(15)11(4-5-11)7-13-9(14)6-12-3/h8,10,12,15H,4-7H2,1-3H3,(H,13,14). The number of hydrogen-bond acceptors (Lipinski definition) is 3. The van der Waals surface area contributed by atoms with Crippen molar-refractivity contribution < 1.29 is 9.90 Å². The van der Waals surface area contributed by atoms with Gasteiger partial charge in [0.1, 0.15) is 0 Å². The Balaban J connectivity index is 2.34. The van der Waals surface area contributed by atoms with E-state index in [9.17, 15) is 9.90 Å². The smallest absolute Gasteiger partial charge is 0.233 e. The van der Waals surface area contributed by atoms with Gasteiger partial charge < -0.3 is 15.7 Å². The summed E-state index contributed by atoms with van der Waals surface area (Å²) in [6, 6.07) is 0. The van der Waals surface area contributed by atoms with Gasteiger partial charge in [-0.05, 0) is 25.8 Å². The first-order valence-corrected chi connectivity index (χ1v) is 5.61. The largest absolute Gasteiger partial charge is 0.392 e. The maximum Gasteiger partial charge on any atom is 0.233 e. The highest BCUT2D eigenvalue weighted by atomic mass is 16.3. The Morgan fingerprint density at radius 3 is 2.47 bits per heavy atom. The minimum atomic E-state index is -0.299. The van der Waals surface area contributed by atoms with Gasteiger partial charge in [0.2, 0.25) is 5.91 Å². The van der Waals surface area contributed by atoms with Crippen LogP contribution in [-0.2, 0) is 4.79 Å². The molecule has 3 N–H and O–H groups in total. The van der Waals surface area contributed by atoms with Crippen LogP contribution in [0.1, 0.15) is 26.7 Å². The molecule has 0 aromatic heterocycles. The third-order valence-corrected chi connectivity index (χ3v) is 3.13. The summed E-state index contributed by atoms with van der Waals surface area (Å²) in [6.45, 7) is 4.97. The van der Waals surface area contributed by atoms with E-state index in [0.717, 1.165) is 12.8 Å². The van der Waals surface area contributed by atoms with Crippen LogP contribution in [0, 0.1) is 11.3 Å². The second kappa shape index (κ2) is 4.94. The van der Waals surface area contributed by atoms with Crippen molar-refractivity contribution in [3.05, 3.63) is 0 Å². The Bertz CT molecular complexity index is 225. The summed E-state index contributed by atoms with van der Waals surface area (Å²) in [5.41, 5.74) is -0.0441. The van der Waals surface area contributed by atoms with Gasteiger partial charge in [0.05, 0.1) is 12.6 Å². The molecule has 1 atom stereocenters. The van der Waals surface area contributed by atoms with Gasteiger partial charge in [0.15, 0.2) is 0 Å². The molecule has 4 nitrogen and oxygen atoms in total. The Hall–Kier alpha value is -0.610. The van der Waals surface area contributed by atoms with Crippen molar-refractivity contribution in [3.8, 4) is 0 Å². The average molecular weight is 214 g/mol. The molecule has 1 fully saturated rings. The highest BCUT2D eigenvalue weighted by Gasteiger charge is 2.49. The summed E-state index contributed by atoms with van der Waals surface area (Å²) in [6.07, 6.45) is 1.74. The summed E-state index contributed by atoms with van der Waals surface area (Å²) in [4.78, 5) is 11.3. The fourth-order valence-corrected chi connectivity index (χ4v) is 1.94. The molecule has 4 heteroatoms. The Kier molecular flexibility index (Phi) is 4.11. The zero-order valence-electron chi connectivity index (χ0n) is 9.84. The number of rotatable bonds is 6. The molecule has 1 aliphatic carbocycles. The van der Waals surface area contributed by atoms with Crippen LogP contribution in [0.2, 0.25) is 0 Å². The monoisotopic (exact) mass is 214 g/mol. The maximum atomic E-state index is 11.3. The minimum Gasteiger partial charge on any atom is -0.392 e. The Morgan fingerprint density at radius 1 is 1.47 bits per heavy atom. The highest BCUT2D eigenvalue weighted by molar-refractivity contribution is 5.78. The second-order valence-electron chi connectivity index (χ2n) is 4.86. The van der Waals surface area contributed by atoms with Crippen molar-refractivity contribution in [2.24, 2.45) is 11.3 Å². The molecule has 1 aliphatic rings. The van der Waals surface area contributed by atoms with Crippen LogP contribution in [0.15, 0.2) is 0 Å². The molecule has 0 bridgehead atoms. The van der Waals surface area contributed by atoms with Gasteiger partial charge in [-0.25, -0.2) is 0 Å². The molecule has 0 radical (unpaired) electrons. The van der Waals surface area contributed by atoms with Gasteiger partial charge in [-0.2, -0.15) is 0 Å². The number of nitrogens with one attached hydrogen (secondary N) is 2. The van der Waals surface area contributed by atoms with E-state index in [0.29, 0.717) is 13.1 Å². The number of hydrogen-bond donors (Lipinski definition) is 3. The van der Waals surface area contributed by atoms with Gasteiger partial charge in [-0.15, -0.1) is 0 Å². The van der Waals surface area contributed by atoms with Gasteiger partial charge >= 0.3 is 0 Å². The molecule has 15 heavy (non-hydrogen) atoms. The zero-order chi connectivity index (χ0) is 11.5. The third-order valence-electron chi connectivity index (χ3n) is 3.13. The molecule has 1 amide bonds. The van der Waals surface area contributed by atoms with Gasteiger partial charge in [-0.3, -0.25) is 4.79 Å². The SMILES string of the molecule is CNCC(=O)NCC1(C(O)C(C)C)CC1. The normalized spacial score (nSPS) is 20.1. The quantitative estimate of drug-likeness (QED) is 0.588. The molecule has 0 aliphatic heterocycles. The van der Waals surface area contributed by atoms with Gasteiger partial charge in [0, 0.05) is 12.0 Å². The molecule has 0 aromatic carbocycles. The van der Waals surface area contributed by atoms with E-state index in [1.807, 2.05) is 13.8 Å². The van der Waals surface area contributed by atoms with Crippen molar-refractivity contribution in [2.75, 3.05) is 20.1 Å². The van der Waals surface area contributed by atoms with E-state index in [1.165, 1.54) is 0 Å². The lowest BCUT2D eigenvalue weighted by Crippen LogP contribution is -2.41. The fourth-order valence-electron chi connectivity index (χ4n) is 1.94. The average Bonchev–Trinajstić information content (AvgIpc) is 2.95. The van der Waals surface area contributed by atoms with Crippen molar-refractivity contribution in [1.82, 2.24) is 10.6 Å². The number of carbonyl (C=O) groups is 1. The predicted octanol–water partition coefficient (Wildman–Crippen LogP) is 0.119. The van der Waals surface area contributed by atoms with Crippen LogP contribution in [-0.4, -0.2) is 37.3 Å². The van der Waals surface area contributed by atoms with Crippen molar-refractivity contribution >= 4 is 5.91 Å². The lowest BCUT2D eigenvalue weighted by molar-refractivity contribution is -0.120. The van der Waals surface area contributed by atoms with E-state index in [1.54, 1.807) is 7.05 Å². The Morgan fingerprint density at radius 2 is 2.07 bits per heavy atom. The van der Waals surface area contributed by atoms with Crippen LogP contribution in [0.25, 0.3) is 0 Å². The molecular weight excluding hydrogens is 192 g/mol. The molecule has 0 spiro atoms. The summed E-state index contributed by atoms with van der Waals surface area (Å²) in [5.74, 6) is 0.258. The third kappa shape index (κ3) is 3.18. The first kappa shape index (κ1) is 12.5. The van der Waals surface area contributed by atoms with Crippen molar-refractivity contribution in [3.63, 3.8) is 0 Å². The van der Waals surface area contributed by atoms with Crippen LogP contribution in [0.5, 0.6) is 0 Å². The minimum absolute atomic E-state index is 0.000249. The zero-order valence-corrected chi connectivity index (χ0v) is 9.84. The Labute approximate surface area is 91.4 Å². The number of aliphatic hydroxyl groups excluding tert-OH is 1. The van der Waals surface area contributed by atoms with Crippen LogP contribution < -0.4 is 10.6 Å². The predicted molar refractivity (Wildman–Crippen MR) is 59.4 cm³/mol. The number of aliphatic hydroxyl groups is 1. The maximum absolute atomic E-state index is 11.3. The molecule has 0 saturated heterocycles. The summed E-state index contributed by atoms with van der Waals surface area (Å²) in [7, 11) is 1.75. The number of likely N-dealkylation sites (N-methyl/N-ethyl adjacent to an activating group) is 1. The fraction of sp³-hybridized carbons (Fsp3) is 0.909. The molecule has 1 rings (SSSR count). The van der Waals surface area contributed by atoms with E-state index < -0.39 is 0 Å². The molecule has 1 unspecified atom stereocenters. The lowest BCUT2D eigenvalue weighted by Gasteiger charge is -2.25. The highest BCUT2D eigenvalue weighted by Crippen LogP contribution is 2.50. The first-order valence-electron chi connectivity index (χ1n) is 5.61. The number of amides is 1.